The zero-order valence-corrected chi connectivity index (χ0v) is 22.5. The molecule has 1 saturated carbocycles. The Hall–Kier alpha value is -3.33. The summed E-state index contributed by atoms with van der Waals surface area (Å²) in [5.74, 6) is 2.24. The molecule has 3 aromatic carbocycles. The van der Waals surface area contributed by atoms with E-state index in [1.165, 1.54) is 7.11 Å². The first-order chi connectivity index (χ1) is 18.4. The number of fused-ring (bicyclic) bond motifs is 2. The standard InChI is InChI=1S/C28H21Cl2NO6S/c1-34-28(32)16-7-8-17-14-38(33)24-12-18(9-10-22(24)36-23(17)11-16)35-13-19-26(31-37-27(19)15-5-6-15)25-20(29)3-2-4-21(25)30/h2-4,7-12,15H,5-6,13-14H2,1H3. The predicted octanol–water partition coefficient (Wildman–Crippen LogP) is 7.30. The average Bonchev–Trinajstić information content (AvgIpc) is 3.70. The fourth-order valence-electron chi connectivity index (χ4n) is 4.40. The molecule has 0 N–H and O–H groups in total. The molecule has 1 aliphatic heterocycles. The van der Waals surface area contributed by atoms with E-state index in [2.05, 4.69) is 5.16 Å². The number of hydrogen-bond donors (Lipinski definition) is 0. The maximum atomic E-state index is 13.2. The van der Waals surface area contributed by atoms with Crippen LogP contribution in [0.4, 0.5) is 0 Å². The van der Waals surface area contributed by atoms with Crippen LogP contribution in [0.15, 0.2) is 64.0 Å². The monoisotopic (exact) mass is 569 g/mol. The third-order valence-electron chi connectivity index (χ3n) is 6.50. The molecule has 0 radical (unpaired) electrons. The number of nitrogens with zero attached hydrogens (tertiary/aromatic N) is 1. The number of halogens is 2. The van der Waals surface area contributed by atoms with Crippen molar-refractivity contribution >= 4 is 40.0 Å². The first-order valence-corrected chi connectivity index (χ1v) is 14.0. The van der Waals surface area contributed by atoms with Crippen LogP contribution in [0.2, 0.25) is 10.0 Å². The topological polar surface area (TPSA) is 87.9 Å². The van der Waals surface area contributed by atoms with Gasteiger partial charge in [0.1, 0.15) is 35.3 Å². The molecule has 1 unspecified atom stereocenters. The Morgan fingerprint density at radius 1 is 1.08 bits per heavy atom. The van der Waals surface area contributed by atoms with Gasteiger partial charge >= 0.3 is 5.97 Å². The first kappa shape index (κ1) is 25.0. The van der Waals surface area contributed by atoms with E-state index in [0.717, 1.165) is 29.7 Å². The van der Waals surface area contributed by atoms with Gasteiger partial charge < -0.3 is 18.7 Å². The molecule has 2 aliphatic rings. The maximum Gasteiger partial charge on any atom is 0.337 e. The van der Waals surface area contributed by atoms with Crippen LogP contribution in [0.25, 0.3) is 11.3 Å². The Morgan fingerprint density at radius 2 is 1.87 bits per heavy atom. The quantitative estimate of drug-likeness (QED) is 0.225. The minimum absolute atomic E-state index is 0.168. The molecule has 1 aliphatic carbocycles. The van der Waals surface area contributed by atoms with Crippen molar-refractivity contribution in [2.75, 3.05) is 7.11 Å². The van der Waals surface area contributed by atoms with E-state index in [0.29, 0.717) is 49.0 Å². The lowest BCUT2D eigenvalue weighted by Gasteiger charge is -2.12. The minimum Gasteiger partial charge on any atom is -0.489 e. The molecule has 38 heavy (non-hydrogen) atoms. The van der Waals surface area contributed by atoms with Gasteiger partial charge in [-0.2, -0.15) is 0 Å². The van der Waals surface area contributed by atoms with Gasteiger partial charge in [-0.15, -0.1) is 0 Å². The Labute approximate surface area is 231 Å². The van der Waals surface area contributed by atoms with Crippen molar-refractivity contribution in [3.05, 3.63) is 87.1 Å². The molecular weight excluding hydrogens is 549 g/mol. The number of benzene rings is 3. The lowest BCUT2D eigenvalue weighted by atomic mass is 10.0. The van der Waals surface area contributed by atoms with Crippen molar-refractivity contribution < 1.29 is 27.7 Å². The number of hydrogen-bond acceptors (Lipinski definition) is 7. The van der Waals surface area contributed by atoms with Crippen LogP contribution < -0.4 is 9.47 Å². The van der Waals surface area contributed by atoms with E-state index >= 15 is 0 Å². The normalized spacial score (nSPS) is 16.1. The van der Waals surface area contributed by atoms with Crippen LogP contribution >= 0.6 is 23.2 Å². The third kappa shape index (κ3) is 4.68. The molecule has 1 fully saturated rings. The molecule has 0 bridgehead atoms. The summed E-state index contributed by atoms with van der Waals surface area (Å²) in [6.45, 7) is 0.168. The molecule has 10 heteroatoms. The summed E-state index contributed by atoms with van der Waals surface area (Å²) < 4.78 is 36.0. The predicted molar refractivity (Wildman–Crippen MR) is 143 cm³/mol. The highest BCUT2D eigenvalue weighted by Gasteiger charge is 2.34. The second kappa shape index (κ2) is 10.1. The van der Waals surface area contributed by atoms with Crippen molar-refractivity contribution in [3.63, 3.8) is 0 Å². The Balaban J connectivity index is 1.29. The SMILES string of the molecule is COC(=O)c1ccc2c(c1)Oc1ccc(OCc3c(-c4c(Cl)cccc4Cl)noc3C3CC3)cc1S(=O)C2. The van der Waals surface area contributed by atoms with Gasteiger partial charge in [0.15, 0.2) is 0 Å². The van der Waals surface area contributed by atoms with Crippen LogP contribution in [0, 0.1) is 0 Å². The summed E-state index contributed by atoms with van der Waals surface area (Å²) in [5.41, 5.74) is 3.04. The lowest BCUT2D eigenvalue weighted by molar-refractivity contribution is 0.0600. The Bertz CT molecular complexity index is 1580. The highest BCUT2D eigenvalue weighted by atomic mass is 35.5. The van der Waals surface area contributed by atoms with Crippen LogP contribution in [-0.2, 0) is 27.9 Å². The molecular formula is C28H21Cl2NO6S. The van der Waals surface area contributed by atoms with Gasteiger partial charge in [-0.1, -0.05) is 40.5 Å². The molecule has 0 amide bonds. The van der Waals surface area contributed by atoms with E-state index in [1.807, 2.05) is 0 Å². The fraction of sp³-hybridized carbons (Fsp3) is 0.214. The molecule has 0 saturated heterocycles. The van der Waals surface area contributed by atoms with Crippen molar-refractivity contribution in [2.45, 2.75) is 36.0 Å². The number of carbonyl (C=O) groups is 1. The Morgan fingerprint density at radius 3 is 2.61 bits per heavy atom. The van der Waals surface area contributed by atoms with Crippen LogP contribution in [0.1, 0.15) is 46.0 Å². The summed E-state index contributed by atoms with van der Waals surface area (Å²) in [4.78, 5) is 12.5. The average molecular weight is 570 g/mol. The zero-order valence-electron chi connectivity index (χ0n) is 20.2. The maximum absolute atomic E-state index is 13.2. The van der Waals surface area contributed by atoms with E-state index in [9.17, 15) is 9.00 Å². The first-order valence-electron chi connectivity index (χ1n) is 11.9. The molecule has 1 aromatic heterocycles. The van der Waals surface area contributed by atoms with E-state index < -0.39 is 16.8 Å². The largest absolute Gasteiger partial charge is 0.489 e. The van der Waals surface area contributed by atoms with Gasteiger partial charge in [0, 0.05) is 23.1 Å². The van der Waals surface area contributed by atoms with Gasteiger partial charge in [0.25, 0.3) is 0 Å². The van der Waals surface area contributed by atoms with Crippen LogP contribution in [0.3, 0.4) is 0 Å². The highest BCUT2D eigenvalue weighted by Crippen LogP contribution is 2.46. The number of ether oxygens (including phenoxy) is 3. The number of aromatic nitrogens is 1. The Kier molecular flexibility index (Phi) is 6.63. The molecule has 2 heterocycles. The summed E-state index contributed by atoms with van der Waals surface area (Å²) in [6.07, 6.45) is 2.04. The summed E-state index contributed by atoms with van der Waals surface area (Å²) in [5, 5.41) is 5.25. The van der Waals surface area contributed by atoms with Crippen molar-refractivity contribution in [2.24, 2.45) is 0 Å². The molecule has 1 atom stereocenters. The molecule has 194 valence electrons. The fourth-order valence-corrected chi connectivity index (χ4v) is 6.23. The van der Waals surface area contributed by atoms with Crippen molar-refractivity contribution in [3.8, 4) is 28.5 Å². The smallest absolute Gasteiger partial charge is 0.337 e. The van der Waals surface area contributed by atoms with Crippen molar-refractivity contribution in [1.82, 2.24) is 5.16 Å². The highest BCUT2D eigenvalue weighted by molar-refractivity contribution is 7.84. The van der Waals surface area contributed by atoms with Gasteiger partial charge in [-0.05, 0) is 49.2 Å². The number of rotatable bonds is 6. The second-order valence-corrected chi connectivity index (χ2v) is 11.3. The summed E-state index contributed by atoms with van der Waals surface area (Å²) in [6, 6.07) is 15.4. The number of carbonyl (C=O) groups excluding carboxylic acids is 1. The number of methoxy groups -OCH3 is 1. The number of esters is 1. The molecule has 6 rings (SSSR count). The van der Waals surface area contributed by atoms with E-state index in [1.54, 1.807) is 54.6 Å². The summed E-state index contributed by atoms with van der Waals surface area (Å²) >= 11 is 12.9. The molecule has 4 aromatic rings. The van der Waals surface area contributed by atoms with Crippen LogP contribution in [0.5, 0.6) is 17.2 Å². The minimum atomic E-state index is -1.39. The van der Waals surface area contributed by atoms with Gasteiger partial charge in [-0.3, -0.25) is 4.21 Å². The van der Waals surface area contributed by atoms with Gasteiger partial charge in [0.2, 0.25) is 0 Å². The second-order valence-electron chi connectivity index (χ2n) is 9.05. The van der Waals surface area contributed by atoms with Gasteiger partial charge in [0.05, 0.1) is 49.7 Å². The van der Waals surface area contributed by atoms with E-state index in [4.69, 9.17) is 41.9 Å². The van der Waals surface area contributed by atoms with Crippen molar-refractivity contribution in [1.29, 1.82) is 0 Å². The van der Waals surface area contributed by atoms with E-state index in [-0.39, 0.29) is 18.3 Å². The lowest BCUT2D eigenvalue weighted by Crippen LogP contribution is -2.02. The van der Waals surface area contributed by atoms with Crippen LogP contribution in [-0.4, -0.2) is 22.4 Å². The van der Waals surface area contributed by atoms with Gasteiger partial charge in [-0.25, -0.2) is 4.79 Å². The molecule has 0 spiro atoms. The molecule has 7 nitrogen and oxygen atoms in total. The zero-order chi connectivity index (χ0) is 26.4. The third-order valence-corrected chi connectivity index (χ3v) is 8.52. The summed E-state index contributed by atoms with van der Waals surface area (Å²) in [7, 11) is -0.0731.